The molecule has 0 radical (unpaired) electrons. The molecule has 136 valence electrons. The van der Waals surface area contributed by atoms with Gasteiger partial charge in [-0.05, 0) is 12.1 Å². The second-order valence-electron chi connectivity index (χ2n) is 5.58. The molecule has 0 aliphatic heterocycles. The predicted octanol–water partition coefficient (Wildman–Crippen LogP) is 4.08. The van der Waals surface area contributed by atoms with E-state index in [1.807, 2.05) is 18.2 Å². The zero-order chi connectivity index (χ0) is 19.2. The number of carbonyl (C=O) groups excluding carboxylic acids is 1. The Morgan fingerprint density at radius 3 is 2.56 bits per heavy atom. The Morgan fingerprint density at radius 1 is 1.07 bits per heavy atom. The summed E-state index contributed by atoms with van der Waals surface area (Å²) in [6.07, 6.45) is 1.55. The van der Waals surface area contributed by atoms with Crippen LogP contribution in [0.3, 0.4) is 0 Å². The van der Waals surface area contributed by atoms with Crippen LogP contribution in [0.4, 0.5) is 20.3 Å². The molecule has 0 saturated carbocycles. The van der Waals surface area contributed by atoms with Crippen LogP contribution >= 0.6 is 0 Å². The number of rotatable bonds is 6. The van der Waals surface area contributed by atoms with E-state index in [9.17, 15) is 13.6 Å². The molecule has 0 aliphatic carbocycles. The Kier molecular flexibility index (Phi) is 5.51. The fraction of sp³-hybridized carbons (Fsp3) is 0.0500. The molecule has 0 spiro atoms. The lowest BCUT2D eigenvalue weighted by Crippen LogP contribution is -2.24. The van der Waals surface area contributed by atoms with Crippen LogP contribution in [0.5, 0.6) is 0 Å². The molecule has 1 heterocycles. The van der Waals surface area contributed by atoms with Crippen LogP contribution in [0.2, 0.25) is 0 Å². The van der Waals surface area contributed by atoms with Gasteiger partial charge < -0.3 is 10.6 Å². The van der Waals surface area contributed by atoms with Gasteiger partial charge in [-0.2, -0.15) is 0 Å². The standard InChI is InChI=1S/C20H16F2N4O/c1-2-10-23-20(27)17-12-18(24-16-9-8-14(21)11-15(16)22)26-19(25-17)13-6-4-3-5-7-13/h2-9,11-12H,1,10H2,(H,23,27)(H,24,25,26). The largest absolute Gasteiger partial charge is 0.347 e. The molecule has 3 rings (SSSR count). The number of halogens is 2. The molecule has 1 amide bonds. The number of nitrogens with one attached hydrogen (secondary N) is 2. The number of hydrogen-bond donors (Lipinski definition) is 2. The Bertz CT molecular complexity index is 977. The van der Waals surface area contributed by atoms with Crippen molar-refractivity contribution in [3.05, 3.63) is 84.6 Å². The topological polar surface area (TPSA) is 66.9 Å². The van der Waals surface area contributed by atoms with Gasteiger partial charge in [0.1, 0.15) is 23.1 Å². The fourth-order valence-corrected chi connectivity index (χ4v) is 2.33. The van der Waals surface area contributed by atoms with Crippen molar-refractivity contribution in [3.8, 4) is 11.4 Å². The Balaban J connectivity index is 2.01. The number of carbonyl (C=O) groups is 1. The summed E-state index contributed by atoms with van der Waals surface area (Å²) in [5, 5.41) is 5.41. The molecule has 27 heavy (non-hydrogen) atoms. The van der Waals surface area contributed by atoms with Crippen molar-refractivity contribution in [2.24, 2.45) is 0 Å². The number of anilines is 2. The number of hydrogen-bond acceptors (Lipinski definition) is 4. The normalized spacial score (nSPS) is 10.3. The highest BCUT2D eigenvalue weighted by molar-refractivity contribution is 5.93. The summed E-state index contributed by atoms with van der Waals surface area (Å²) in [6, 6.07) is 13.6. The SMILES string of the molecule is C=CCNC(=O)c1cc(Nc2ccc(F)cc2F)nc(-c2ccccc2)n1. The molecular weight excluding hydrogens is 350 g/mol. The molecule has 1 aromatic heterocycles. The maximum atomic E-state index is 13.9. The molecule has 0 aliphatic rings. The van der Waals surface area contributed by atoms with E-state index in [1.54, 1.807) is 18.2 Å². The molecule has 3 aromatic rings. The highest BCUT2D eigenvalue weighted by atomic mass is 19.1. The Labute approximate surface area is 154 Å². The number of amides is 1. The summed E-state index contributed by atoms with van der Waals surface area (Å²) in [5.74, 6) is -1.37. The van der Waals surface area contributed by atoms with Crippen molar-refractivity contribution >= 4 is 17.4 Å². The molecule has 7 heteroatoms. The zero-order valence-corrected chi connectivity index (χ0v) is 14.2. The van der Waals surface area contributed by atoms with Crippen molar-refractivity contribution in [2.75, 3.05) is 11.9 Å². The first kappa shape index (κ1) is 18.2. The van der Waals surface area contributed by atoms with E-state index in [0.29, 0.717) is 11.4 Å². The average molecular weight is 366 g/mol. The van der Waals surface area contributed by atoms with Crippen LogP contribution in [-0.4, -0.2) is 22.4 Å². The monoisotopic (exact) mass is 366 g/mol. The summed E-state index contributed by atoms with van der Waals surface area (Å²) in [5.41, 5.74) is 0.834. The third-order valence-corrected chi connectivity index (χ3v) is 3.59. The third-order valence-electron chi connectivity index (χ3n) is 3.59. The summed E-state index contributed by atoms with van der Waals surface area (Å²) in [6.45, 7) is 3.83. The lowest BCUT2D eigenvalue weighted by atomic mass is 10.2. The van der Waals surface area contributed by atoms with E-state index in [-0.39, 0.29) is 23.7 Å². The van der Waals surface area contributed by atoms with Crippen molar-refractivity contribution in [2.45, 2.75) is 0 Å². The molecule has 5 nitrogen and oxygen atoms in total. The van der Waals surface area contributed by atoms with Gasteiger partial charge in [0.05, 0.1) is 5.69 Å². The van der Waals surface area contributed by atoms with Gasteiger partial charge in [-0.3, -0.25) is 4.79 Å². The van der Waals surface area contributed by atoms with Gasteiger partial charge in [0.2, 0.25) is 0 Å². The first-order valence-corrected chi connectivity index (χ1v) is 8.12. The van der Waals surface area contributed by atoms with Gasteiger partial charge in [0, 0.05) is 24.2 Å². The lowest BCUT2D eigenvalue weighted by molar-refractivity contribution is 0.0953. The Morgan fingerprint density at radius 2 is 1.85 bits per heavy atom. The van der Waals surface area contributed by atoms with Gasteiger partial charge in [-0.15, -0.1) is 6.58 Å². The summed E-state index contributed by atoms with van der Waals surface area (Å²) in [4.78, 5) is 20.9. The van der Waals surface area contributed by atoms with Gasteiger partial charge in [-0.25, -0.2) is 18.7 Å². The van der Waals surface area contributed by atoms with Crippen molar-refractivity contribution in [1.29, 1.82) is 0 Å². The molecule has 0 saturated heterocycles. The minimum Gasteiger partial charge on any atom is -0.347 e. The van der Waals surface area contributed by atoms with Gasteiger partial charge >= 0.3 is 0 Å². The molecular formula is C20H16F2N4O. The molecule has 2 N–H and O–H groups in total. The summed E-state index contributed by atoms with van der Waals surface area (Å²) in [7, 11) is 0. The van der Waals surface area contributed by atoms with E-state index in [1.165, 1.54) is 12.1 Å². The zero-order valence-electron chi connectivity index (χ0n) is 14.2. The van der Waals surface area contributed by atoms with Gasteiger partial charge in [0.25, 0.3) is 5.91 Å². The molecule has 0 unspecified atom stereocenters. The van der Waals surface area contributed by atoms with Gasteiger partial charge in [-0.1, -0.05) is 36.4 Å². The first-order chi connectivity index (χ1) is 13.1. The van der Waals surface area contributed by atoms with Crippen LogP contribution in [0.1, 0.15) is 10.5 Å². The van der Waals surface area contributed by atoms with Crippen LogP contribution in [-0.2, 0) is 0 Å². The highest BCUT2D eigenvalue weighted by Gasteiger charge is 2.14. The minimum atomic E-state index is -0.771. The Hall–Kier alpha value is -3.61. The van der Waals surface area contributed by atoms with Crippen molar-refractivity contribution < 1.29 is 13.6 Å². The third kappa shape index (κ3) is 4.52. The molecule has 0 atom stereocenters. The first-order valence-electron chi connectivity index (χ1n) is 8.12. The maximum Gasteiger partial charge on any atom is 0.270 e. The second-order valence-corrected chi connectivity index (χ2v) is 5.58. The van der Waals surface area contributed by atoms with Crippen LogP contribution in [0.25, 0.3) is 11.4 Å². The van der Waals surface area contributed by atoms with Crippen LogP contribution < -0.4 is 10.6 Å². The predicted molar refractivity (Wildman–Crippen MR) is 99.6 cm³/mol. The van der Waals surface area contributed by atoms with Crippen molar-refractivity contribution in [1.82, 2.24) is 15.3 Å². The van der Waals surface area contributed by atoms with Gasteiger partial charge in [0.15, 0.2) is 5.82 Å². The highest BCUT2D eigenvalue weighted by Crippen LogP contribution is 2.23. The van der Waals surface area contributed by atoms with E-state index < -0.39 is 17.5 Å². The van der Waals surface area contributed by atoms with E-state index in [2.05, 4.69) is 27.2 Å². The second kappa shape index (κ2) is 8.18. The van der Waals surface area contributed by atoms with E-state index >= 15 is 0 Å². The molecule has 2 aromatic carbocycles. The smallest absolute Gasteiger partial charge is 0.270 e. The van der Waals surface area contributed by atoms with Crippen LogP contribution in [0, 0.1) is 11.6 Å². The quantitative estimate of drug-likeness (QED) is 0.645. The number of benzene rings is 2. The fourth-order valence-electron chi connectivity index (χ4n) is 2.33. The molecule has 0 fully saturated rings. The summed E-state index contributed by atoms with van der Waals surface area (Å²) < 4.78 is 27.1. The minimum absolute atomic E-state index is 0.0339. The van der Waals surface area contributed by atoms with E-state index in [0.717, 1.165) is 12.1 Å². The van der Waals surface area contributed by atoms with E-state index in [4.69, 9.17) is 0 Å². The summed E-state index contributed by atoms with van der Waals surface area (Å²) >= 11 is 0. The van der Waals surface area contributed by atoms with Crippen LogP contribution in [0.15, 0.2) is 67.3 Å². The average Bonchev–Trinajstić information content (AvgIpc) is 2.68. The number of nitrogens with zero attached hydrogens (tertiary/aromatic N) is 2. The van der Waals surface area contributed by atoms with Crippen molar-refractivity contribution in [3.63, 3.8) is 0 Å². The maximum absolute atomic E-state index is 13.9. The lowest BCUT2D eigenvalue weighted by Gasteiger charge is -2.11. The number of aromatic nitrogens is 2. The molecule has 0 bridgehead atoms.